The number of nitrogens with zero attached hydrogens (tertiary/aromatic N) is 1. The molecule has 1 aromatic heterocycles. The lowest BCUT2D eigenvalue weighted by atomic mass is 10.1. The summed E-state index contributed by atoms with van der Waals surface area (Å²) in [6.07, 6.45) is 2.08. The fraction of sp³-hybridized carbons (Fsp3) is 0.750. The summed E-state index contributed by atoms with van der Waals surface area (Å²) in [6.45, 7) is 7.10. The predicted molar refractivity (Wildman–Crippen MR) is 68.6 cm³/mol. The minimum atomic E-state index is 0.121. The van der Waals surface area contributed by atoms with Gasteiger partial charge in [0, 0.05) is 18.5 Å². The second kappa shape index (κ2) is 6.33. The second-order valence-electron chi connectivity index (χ2n) is 4.36. The van der Waals surface area contributed by atoms with Crippen LogP contribution in [0.3, 0.4) is 0 Å². The van der Waals surface area contributed by atoms with Crippen molar-refractivity contribution in [3.05, 3.63) is 15.6 Å². The number of methoxy groups -OCH3 is 1. The molecule has 0 bridgehead atoms. The minimum Gasteiger partial charge on any atom is -0.374 e. The van der Waals surface area contributed by atoms with Crippen LogP contribution in [0, 0.1) is 5.92 Å². The van der Waals surface area contributed by atoms with Crippen LogP contribution in [-0.2, 0) is 17.7 Å². The molecular formula is C12H22N2OS. The van der Waals surface area contributed by atoms with Crippen LogP contribution in [0.25, 0.3) is 0 Å². The van der Waals surface area contributed by atoms with Gasteiger partial charge in [0.1, 0.15) is 11.1 Å². The number of aromatic nitrogens is 1. The van der Waals surface area contributed by atoms with Crippen LogP contribution in [-0.4, -0.2) is 12.1 Å². The minimum absolute atomic E-state index is 0.121. The van der Waals surface area contributed by atoms with Crippen molar-refractivity contribution in [3.8, 4) is 0 Å². The van der Waals surface area contributed by atoms with Crippen molar-refractivity contribution >= 4 is 11.3 Å². The maximum Gasteiger partial charge on any atom is 0.122 e. The predicted octanol–water partition coefficient (Wildman–Crippen LogP) is 2.90. The molecular weight excluding hydrogens is 220 g/mol. The summed E-state index contributed by atoms with van der Waals surface area (Å²) in [6, 6.07) is 0. The van der Waals surface area contributed by atoms with E-state index in [1.165, 1.54) is 4.88 Å². The number of hydrogen-bond donors (Lipinski definition) is 1. The molecule has 0 aliphatic rings. The topological polar surface area (TPSA) is 48.1 Å². The quantitative estimate of drug-likeness (QED) is 0.834. The fourth-order valence-corrected chi connectivity index (χ4v) is 2.82. The fourth-order valence-electron chi connectivity index (χ4n) is 1.69. The first-order valence-corrected chi connectivity index (χ1v) is 6.65. The molecule has 16 heavy (non-hydrogen) atoms. The van der Waals surface area contributed by atoms with Crippen molar-refractivity contribution in [3.63, 3.8) is 0 Å². The molecule has 0 radical (unpaired) electrons. The van der Waals surface area contributed by atoms with Gasteiger partial charge in [0.2, 0.25) is 0 Å². The molecule has 0 fully saturated rings. The van der Waals surface area contributed by atoms with E-state index in [1.807, 2.05) is 0 Å². The van der Waals surface area contributed by atoms with Gasteiger partial charge >= 0.3 is 0 Å². The Hall–Kier alpha value is -0.450. The van der Waals surface area contributed by atoms with Crippen LogP contribution in [0.15, 0.2) is 0 Å². The zero-order valence-electron chi connectivity index (χ0n) is 10.6. The summed E-state index contributed by atoms with van der Waals surface area (Å²) in [7, 11) is 1.74. The molecule has 2 N–H and O–H groups in total. The largest absolute Gasteiger partial charge is 0.374 e. The van der Waals surface area contributed by atoms with Gasteiger partial charge in [0.05, 0.1) is 5.69 Å². The summed E-state index contributed by atoms with van der Waals surface area (Å²) in [5.74, 6) is 0.614. The summed E-state index contributed by atoms with van der Waals surface area (Å²) in [4.78, 5) is 5.88. The van der Waals surface area contributed by atoms with E-state index >= 15 is 0 Å². The van der Waals surface area contributed by atoms with Crippen molar-refractivity contribution in [2.24, 2.45) is 11.7 Å². The third-order valence-corrected chi connectivity index (χ3v) is 3.72. The first-order valence-electron chi connectivity index (χ1n) is 5.83. The summed E-state index contributed by atoms with van der Waals surface area (Å²) in [5, 5.41) is 1.07. The Labute approximate surface area is 102 Å². The van der Waals surface area contributed by atoms with Gasteiger partial charge in [-0.25, -0.2) is 4.98 Å². The lowest BCUT2D eigenvalue weighted by molar-refractivity contribution is 0.0996. The van der Waals surface area contributed by atoms with Crippen molar-refractivity contribution < 1.29 is 4.74 Å². The van der Waals surface area contributed by atoms with Gasteiger partial charge in [-0.2, -0.15) is 0 Å². The zero-order chi connectivity index (χ0) is 12.1. The van der Waals surface area contributed by atoms with Gasteiger partial charge in [-0.3, -0.25) is 0 Å². The highest BCUT2D eigenvalue weighted by atomic mass is 32.1. The molecule has 1 rings (SSSR count). The lowest BCUT2D eigenvalue weighted by Crippen LogP contribution is -2.03. The standard InChI is InChI=1S/C12H22N2OS/c1-5-10(15-4)12-14-9(6-8(2)3)11(7-13)16-12/h8,10H,5-7,13H2,1-4H3. The molecule has 1 heterocycles. The van der Waals surface area contributed by atoms with Crippen molar-refractivity contribution in [2.75, 3.05) is 7.11 Å². The molecule has 0 saturated carbocycles. The number of hydrogen-bond acceptors (Lipinski definition) is 4. The maximum atomic E-state index is 5.75. The zero-order valence-corrected chi connectivity index (χ0v) is 11.4. The third kappa shape index (κ3) is 3.27. The van der Waals surface area contributed by atoms with Gasteiger partial charge < -0.3 is 10.5 Å². The molecule has 1 aromatic rings. The van der Waals surface area contributed by atoms with Crippen molar-refractivity contribution in [1.82, 2.24) is 4.98 Å². The maximum absolute atomic E-state index is 5.75. The Kier molecular flexibility index (Phi) is 5.38. The van der Waals surface area contributed by atoms with Gasteiger partial charge in [-0.1, -0.05) is 20.8 Å². The van der Waals surface area contributed by atoms with Crippen LogP contribution in [0.1, 0.15) is 48.9 Å². The van der Waals surface area contributed by atoms with E-state index in [-0.39, 0.29) is 6.10 Å². The van der Waals surface area contributed by atoms with Gasteiger partial charge in [0.25, 0.3) is 0 Å². The highest BCUT2D eigenvalue weighted by Crippen LogP contribution is 2.28. The van der Waals surface area contributed by atoms with Gasteiger partial charge in [0.15, 0.2) is 0 Å². The third-order valence-electron chi connectivity index (χ3n) is 2.51. The lowest BCUT2D eigenvalue weighted by Gasteiger charge is -2.08. The SMILES string of the molecule is CCC(OC)c1nc(CC(C)C)c(CN)s1. The molecule has 3 nitrogen and oxygen atoms in total. The Balaban J connectivity index is 2.92. The van der Waals surface area contributed by atoms with E-state index in [9.17, 15) is 0 Å². The molecule has 0 aromatic carbocycles. The molecule has 4 heteroatoms. The first kappa shape index (κ1) is 13.6. The Bertz CT molecular complexity index is 319. The van der Waals surface area contributed by atoms with E-state index in [4.69, 9.17) is 10.5 Å². The van der Waals surface area contributed by atoms with E-state index < -0.39 is 0 Å². The summed E-state index contributed by atoms with van der Waals surface area (Å²) < 4.78 is 5.41. The average molecular weight is 242 g/mol. The number of nitrogens with two attached hydrogens (primary N) is 1. The molecule has 0 aliphatic heterocycles. The Morgan fingerprint density at radius 2 is 2.12 bits per heavy atom. The normalized spacial score (nSPS) is 13.4. The number of ether oxygens (including phenoxy) is 1. The van der Waals surface area contributed by atoms with Crippen LogP contribution in [0.2, 0.25) is 0 Å². The second-order valence-corrected chi connectivity index (χ2v) is 5.47. The van der Waals surface area contributed by atoms with E-state index in [2.05, 4.69) is 25.8 Å². The molecule has 0 amide bonds. The van der Waals surface area contributed by atoms with Crippen molar-refractivity contribution in [2.45, 2.75) is 46.3 Å². The highest BCUT2D eigenvalue weighted by molar-refractivity contribution is 7.11. The summed E-state index contributed by atoms with van der Waals surface area (Å²) >= 11 is 1.70. The molecule has 1 atom stereocenters. The van der Waals surface area contributed by atoms with Gasteiger partial charge in [-0.05, 0) is 18.8 Å². The Morgan fingerprint density at radius 3 is 2.56 bits per heavy atom. The Morgan fingerprint density at radius 1 is 1.44 bits per heavy atom. The molecule has 92 valence electrons. The van der Waals surface area contributed by atoms with Crippen molar-refractivity contribution in [1.29, 1.82) is 0 Å². The summed E-state index contributed by atoms with van der Waals surface area (Å²) in [5.41, 5.74) is 6.91. The van der Waals surface area contributed by atoms with Crippen LogP contribution in [0.4, 0.5) is 0 Å². The van der Waals surface area contributed by atoms with E-state index in [0.29, 0.717) is 12.5 Å². The first-order chi connectivity index (χ1) is 7.62. The molecule has 1 unspecified atom stereocenters. The monoisotopic (exact) mass is 242 g/mol. The van der Waals surface area contributed by atoms with E-state index in [1.54, 1.807) is 18.4 Å². The number of thiazole rings is 1. The average Bonchev–Trinajstić information content (AvgIpc) is 2.62. The highest BCUT2D eigenvalue weighted by Gasteiger charge is 2.17. The van der Waals surface area contributed by atoms with Crippen LogP contribution < -0.4 is 5.73 Å². The van der Waals surface area contributed by atoms with Crippen LogP contribution in [0.5, 0.6) is 0 Å². The number of rotatable bonds is 6. The van der Waals surface area contributed by atoms with Crippen LogP contribution >= 0.6 is 11.3 Å². The van der Waals surface area contributed by atoms with E-state index in [0.717, 1.165) is 23.5 Å². The smallest absolute Gasteiger partial charge is 0.122 e. The molecule has 0 spiro atoms. The molecule has 0 aliphatic carbocycles. The molecule has 0 saturated heterocycles. The van der Waals surface area contributed by atoms with Gasteiger partial charge in [-0.15, -0.1) is 11.3 Å².